The molecule has 0 aromatic rings. The van der Waals surface area contributed by atoms with Gasteiger partial charge in [0, 0.05) is 0 Å². The summed E-state index contributed by atoms with van der Waals surface area (Å²) in [6, 6.07) is 0. The van der Waals surface area contributed by atoms with Gasteiger partial charge in [-0.25, -0.2) is 0 Å². The zero-order valence-corrected chi connectivity index (χ0v) is 69.0. The van der Waals surface area contributed by atoms with Crippen LogP contribution in [-0.2, 0) is 54.3 Å². The molecule has 4 saturated heterocycles. The molecule has 4 fully saturated rings. The number of rotatable bonds is 72. The van der Waals surface area contributed by atoms with Gasteiger partial charge >= 0.3 is 34.4 Å². The Bertz CT molecular complexity index is 1330. The topological polar surface area (TPSA) is 111 Å². The first-order valence-electron chi connectivity index (χ1n) is 43.3. The van der Waals surface area contributed by atoms with E-state index < -0.39 is 34.4 Å². The van der Waals surface area contributed by atoms with Gasteiger partial charge in [-0.1, -0.05) is 413 Å². The fourth-order valence-electron chi connectivity index (χ4n) is 13.6. The summed E-state index contributed by atoms with van der Waals surface area (Å²) in [6.45, 7) is 16.6. The van der Waals surface area contributed by atoms with Crippen LogP contribution in [0.3, 0.4) is 0 Å². The van der Waals surface area contributed by atoms with Gasteiger partial charge in [-0.2, -0.15) is 0 Å². The maximum Gasteiger partial charge on any atom is 0.332 e. The molecule has 0 bridgehead atoms. The van der Waals surface area contributed by atoms with Gasteiger partial charge in [-0.3, -0.25) is 0 Å². The van der Waals surface area contributed by atoms with Crippen molar-refractivity contribution in [2.24, 2.45) is 10.8 Å². The van der Waals surface area contributed by atoms with Crippen LogP contribution in [0.25, 0.3) is 0 Å². The average Bonchev–Trinajstić information content (AvgIpc) is 0.832. The monoisotopic (exact) mass is 1470 g/mol. The predicted molar refractivity (Wildman–Crippen MR) is 422 cm³/mol. The van der Waals surface area contributed by atoms with E-state index in [1.54, 1.807) is 0 Å². The Morgan fingerprint density at radius 1 is 0.163 bits per heavy atom. The van der Waals surface area contributed by atoms with Crippen molar-refractivity contribution in [1.29, 1.82) is 0 Å². The highest BCUT2D eigenvalue weighted by atomic mass is 31.2. The lowest BCUT2D eigenvalue weighted by Gasteiger charge is -2.41. The lowest BCUT2D eigenvalue weighted by atomic mass is 9.93. The molecule has 12 nitrogen and oxygen atoms in total. The van der Waals surface area contributed by atoms with E-state index >= 15 is 0 Å². The second kappa shape index (κ2) is 72.4. The van der Waals surface area contributed by atoms with E-state index in [9.17, 15) is 0 Å². The number of unbranched alkanes of at least 4 members (excludes halogenated alkanes) is 60. The minimum atomic E-state index is -1.24. The third-order valence-electron chi connectivity index (χ3n) is 20.6. The predicted octanol–water partition coefficient (Wildman–Crippen LogP) is 30.2. The van der Waals surface area contributed by atoms with E-state index in [0.717, 1.165) is 52.1 Å². The molecule has 2 spiro atoms. The third kappa shape index (κ3) is 57.4. The van der Waals surface area contributed by atoms with Gasteiger partial charge in [-0.15, -0.1) is 0 Å². The summed E-state index contributed by atoms with van der Waals surface area (Å²) in [7, 11) is -4.96. The molecule has 0 radical (unpaired) electrons. The van der Waals surface area contributed by atoms with Gasteiger partial charge in [0.05, 0.1) is 90.1 Å². The van der Waals surface area contributed by atoms with E-state index in [4.69, 9.17) is 54.3 Å². The van der Waals surface area contributed by atoms with E-state index in [1.165, 1.54) is 385 Å². The Hall–Kier alpha value is 1.24. The molecule has 0 aliphatic carbocycles. The molecule has 0 unspecified atom stereocenters. The second-order valence-corrected chi connectivity index (χ2v) is 35.5. The Labute approximate surface area is 614 Å². The molecule has 16 heteroatoms. The molecule has 4 aliphatic rings. The molecule has 0 saturated carbocycles. The fraction of sp³-hybridized carbons (Fsp3) is 1.00. The lowest BCUT2D eigenvalue weighted by molar-refractivity contribution is -0.0765. The normalized spacial score (nSPS) is 21.2. The van der Waals surface area contributed by atoms with Crippen molar-refractivity contribution < 1.29 is 54.3 Å². The third-order valence-corrected chi connectivity index (χ3v) is 24.9. The molecular weight excluding hydrogens is 1300 g/mol. The second-order valence-electron chi connectivity index (χ2n) is 30.6. The van der Waals surface area contributed by atoms with Crippen LogP contribution in [0.15, 0.2) is 0 Å². The van der Waals surface area contributed by atoms with Gasteiger partial charge in [0.1, 0.15) is 0 Å². The van der Waals surface area contributed by atoms with Crippen LogP contribution in [-0.4, -0.2) is 79.3 Å². The zero-order chi connectivity index (χ0) is 69.5. The van der Waals surface area contributed by atoms with Gasteiger partial charge in [0.15, 0.2) is 0 Å². The first-order valence-corrected chi connectivity index (χ1v) is 47.7. The van der Waals surface area contributed by atoms with Crippen LogP contribution in [0, 0.1) is 10.8 Å². The van der Waals surface area contributed by atoms with Crippen LogP contribution in [0.1, 0.15) is 439 Å². The number of hydrogen-bond donors (Lipinski definition) is 0. The van der Waals surface area contributed by atoms with Crippen LogP contribution in [0.5, 0.6) is 0 Å². The summed E-state index contributed by atoms with van der Waals surface area (Å²) in [5.74, 6) is 0. The summed E-state index contributed by atoms with van der Waals surface area (Å²) in [5.41, 5.74) is -0.459. The van der Waals surface area contributed by atoms with E-state index in [1.807, 2.05) is 0 Å². The highest BCUT2D eigenvalue weighted by molar-refractivity contribution is 7.42. The van der Waals surface area contributed by atoms with Crippen molar-refractivity contribution in [1.82, 2.24) is 0 Å². The number of hydrogen-bond acceptors (Lipinski definition) is 12. The minimum absolute atomic E-state index is 0.229. The van der Waals surface area contributed by atoms with Crippen molar-refractivity contribution in [3.8, 4) is 0 Å². The molecule has 584 valence electrons. The molecule has 0 aromatic carbocycles. The Morgan fingerprint density at radius 2 is 0.265 bits per heavy atom. The maximum absolute atomic E-state index is 5.96. The van der Waals surface area contributed by atoms with Crippen molar-refractivity contribution in [3.05, 3.63) is 0 Å². The van der Waals surface area contributed by atoms with E-state index in [2.05, 4.69) is 27.7 Å². The average molecular weight is 1470 g/mol. The molecule has 4 heterocycles. The van der Waals surface area contributed by atoms with Crippen LogP contribution in [0.2, 0.25) is 0 Å². The highest BCUT2D eigenvalue weighted by Crippen LogP contribution is 2.54. The van der Waals surface area contributed by atoms with Gasteiger partial charge in [-0.05, 0) is 25.7 Å². The zero-order valence-electron chi connectivity index (χ0n) is 65.4. The summed E-state index contributed by atoms with van der Waals surface area (Å²) in [6.07, 6.45) is 88.2. The Kier molecular flexibility index (Phi) is 69.1. The Balaban J connectivity index is 0.000000510. The van der Waals surface area contributed by atoms with E-state index in [0.29, 0.717) is 52.9 Å². The molecule has 98 heavy (non-hydrogen) atoms. The largest absolute Gasteiger partial charge is 0.332 e. The van der Waals surface area contributed by atoms with Crippen LogP contribution >= 0.6 is 34.4 Å². The maximum atomic E-state index is 5.96. The first kappa shape index (κ1) is 93.4. The SMILES string of the molecule is CCCCCCCCCCCCCCCCCCOP1OCC2(CO1)COP(OCCCCCCCCCCCCCCCCCC)OC2.CCCCCCCCCCCCCCCCCCOP1OCC2(CO1)COP(OCCCCCCCCCCCCCCCCCC)OC2. The summed E-state index contributed by atoms with van der Waals surface area (Å²) < 4.78 is 71.3. The fourth-order valence-corrected chi connectivity index (χ4v) is 18.7. The highest BCUT2D eigenvalue weighted by Gasteiger charge is 2.45. The molecule has 4 rings (SSSR count). The summed E-state index contributed by atoms with van der Waals surface area (Å²) >= 11 is 0. The quantitative estimate of drug-likeness (QED) is 0.0427. The summed E-state index contributed by atoms with van der Waals surface area (Å²) in [5, 5.41) is 0. The van der Waals surface area contributed by atoms with Gasteiger partial charge in [0.2, 0.25) is 0 Å². The van der Waals surface area contributed by atoms with E-state index in [-0.39, 0.29) is 10.8 Å². The molecule has 0 N–H and O–H groups in total. The lowest BCUT2D eigenvalue weighted by Crippen LogP contribution is -2.44. The van der Waals surface area contributed by atoms with Gasteiger partial charge in [0.25, 0.3) is 0 Å². The van der Waals surface area contributed by atoms with Crippen LogP contribution in [0.4, 0.5) is 0 Å². The van der Waals surface area contributed by atoms with Crippen molar-refractivity contribution in [2.45, 2.75) is 439 Å². The first-order chi connectivity index (χ1) is 48.6. The Morgan fingerprint density at radius 3 is 0.378 bits per heavy atom. The van der Waals surface area contributed by atoms with Crippen LogP contribution < -0.4 is 0 Å². The molecule has 0 atom stereocenters. The summed E-state index contributed by atoms with van der Waals surface area (Å²) in [4.78, 5) is 0. The standard InChI is InChI=1S/2C41H82O6P2/c2*1-3-5-7-9-11-13-15-17-19-21-23-25-27-29-31-33-35-42-48-44-37-41(38-45-48)39-46-49(47-40-41)43-36-34-32-30-28-26-24-22-20-18-16-14-12-10-8-6-4-2/h2*3-40H2,1-2H3. The van der Waals surface area contributed by atoms with Crippen molar-refractivity contribution in [2.75, 3.05) is 79.3 Å². The molecule has 0 amide bonds. The van der Waals surface area contributed by atoms with Crippen molar-refractivity contribution >= 4 is 34.4 Å². The smallest absolute Gasteiger partial charge is 0.312 e. The van der Waals surface area contributed by atoms with Crippen molar-refractivity contribution in [3.63, 3.8) is 0 Å². The van der Waals surface area contributed by atoms with Gasteiger partial charge < -0.3 is 54.3 Å². The minimum Gasteiger partial charge on any atom is -0.312 e. The molecule has 4 aliphatic heterocycles. The molecular formula is C82H164O12P4. The molecule has 0 aromatic heterocycles.